The average Bonchev–Trinajstić information content (AvgIpc) is 3.89. The van der Waals surface area contributed by atoms with Gasteiger partial charge in [0.15, 0.2) is 0 Å². The van der Waals surface area contributed by atoms with Crippen LogP contribution in [0, 0.1) is 37.5 Å². The van der Waals surface area contributed by atoms with Crippen LogP contribution in [0.25, 0.3) is 29.9 Å². The number of rotatable bonds is 15. The van der Waals surface area contributed by atoms with Gasteiger partial charge in [0.2, 0.25) is 0 Å². The Labute approximate surface area is 318 Å². The number of nitrogens with one attached hydrogen (secondary N) is 4. The van der Waals surface area contributed by atoms with Crippen LogP contribution in [0.2, 0.25) is 0 Å². The minimum Gasteiger partial charge on any atom is -0.461 e. The number of hydrogen-bond acceptors (Lipinski definition) is 3. The second-order valence-electron chi connectivity index (χ2n) is 16.6. The summed E-state index contributed by atoms with van der Waals surface area (Å²) in [6, 6.07) is 2.32. The zero-order valence-corrected chi connectivity index (χ0v) is 33.8. The number of aryl methyl sites for hydroxylation is 1. The van der Waals surface area contributed by atoms with E-state index in [4.69, 9.17) is 4.74 Å². The molecule has 0 radical (unpaired) electrons. The lowest BCUT2D eigenvalue weighted by atomic mass is 9.86. The van der Waals surface area contributed by atoms with E-state index < -0.39 is 0 Å². The zero-order valence-electron chi connectivity index (χ0n) is 33.8. The van der Waals surface area contributed by atoms with Gasteiger partial charge in [0.25, 0.3) is 0 Å². The number of aromatic amines is 3. The molecule has 3 atom stereocenters. The third-order valence-corrected chi connectivity index (χ3v) is 12.3. The molecule has 1 aliphatic carbocycles. The second-order valence-corrected chi connectivity index (χ2v) is 16.6. The molecule has 6 rings (SSSR count). The average molecular weight is 717 g/mol. The predicted molar refractivity (Wildman–Crippen MR) is 222 cm³/mol. The molecule has 0 amide bonds. The van der Waals surface area contributed by atoms with Crippen molar-refractivity contribution in [2.75, 3.05) is 6.61 Å². The third-order valence-electron chi connectivity index (χ3n) is 12.3. The number of hydrogen-bond donors (Lipinski definition) is 4. The van der Waals surface area contributed by atoms with Gasteiger partial charge in [0.1, 0.15) is 6.61 Å². The maximum absolute atomic E-state index is 13.2. The van der Waals surface area contributed by atoms with Crippen molar-refractivity contribution in [2.24, 2.45) is 23.7 Å². The van der Waals surface area contributed by atoms with Crippen molar-refractivity contribution in [1.29, 1.82) is 0 Å². The molecule has 6 heteroatoms. The van der Waals surface area contributed by atoms with Crippen molar-refractivity contribution >= 4 is 35.8 Å². The monoisotopic (exact) mass is 717 g/mol. The highest BCUT2D eigenvalue weighted by atomic mass is 16.5. The van der Waals surface area contributed by atoms with E-state index in [0.29, 0.717) is 13.0 Å². The van der Waals surface area contributed by atoms with Crippen molar-refractivity contribution < 1.29 is 9.53 Å². The number of allylic oxidation sites excluding steroid dienone is 4. The number of aromatic nitrogens is 3. The lowest BCUT2D eigenvalue weighted by Gasteiger charge is -2.17. The van der Waals surface area contributed by atoms with Crippen LogP contribution in [0.3, 0.4) is 0 Å². The molecule has 5 heterocycles. The van der Waals surface area contributed by atoms with E-state index in [9.17, 15) is 4.79 Å². The summed E-state index contributed by atoms with van der Waals surface area (Å²) in [7, 11) is 0. The van der Waals surface area contributed by atoms with Crippen LogP contribution in [-0.4, -0.2) is 27.5 Å². The van der Waals surface area contributed by atoms with Gasteiger partial charge in [0, 0.05) is 68.7 Å². The number of H-pyrrole nitrogens is 3. The van der Waals surface area contributed by atoms with E-state index in [1.54, 1.807) is 0 Å². The molecule has 284 valence electrons. The van der Waals surface area contributed by atoms with Gasteiger partial charge in [-0.25, -0.2) is 0 Å². The van der Waals surface area contributed by atoms with E-state index in [1.165, 1.54) is 82.6 Å². The Balaban J connectivity index is 1.21. The largest absolute Gasteiger partial charge is 0.461 e. The van der Waals surface area contributed by atoms with Gasteiger partial charge >= 0.3 is 5.97 Å². The Bertz CT molecular complexity index is 2040. The molecule has 0 saturated carbocycles. The van der Waals surface area contributed by atoms with Crippen molar-refractivity contribution in [1.82, 2.24) is 20.3 Å². The number of ether oxygens (including phenoxy) is 1. The SMILES string of the molecule is C=Cc1c2[nH]c(c1C)/C=C1\N/C(=C3/CCc4cc([nH]c43)/C=c3\[nH]/c(c(C)c3CC)=C\2)[C@@H](CCC(=O)OC/C=C(\C)CCC[C@H](C)CCCC(C)C)[C@@H]1C. The van der Waals surface area contributed by atoms with Gasteiger partial charge in [-0.2, -0.15) is 0 Å². The molecule has 53 heavy (non-hydrogen) atoms. The van der Waals surface area contributed by atoms with Crippen LogP contribution in [0.15, 0.2) is 35.7 Å². The van der Waals surface area contributed by atoms with Crippen LogP contribution in [0.1, 0.15) is 150 Å². The quantitative estimate of drug-likeness (QED) is 0.0933. The Kier molecular flexibility index (Phi) is 12.3. The summed E-state index contributed by atoms with van der Waals surface area (Å²) in [4.78, 5) is 24.4. The Morgan fingerprint density at radius 1 is 0.962 bits per heavy atom. The lowest BCUT2D eigenvalue weighted by molar-refractivity contribution is -0.142. The zero-order chi connectivity index (χ0) is 37.8. The lowest BCUT2D eigenvalue weighted by Crippen LogP contribution is -2.14. The van der Waals surface area contributed by atoms with Gasteiger partial charge in [-0.15, -0.1) is 0 Å². The fraction of sp³-hybridized carbons (Fsp3) is 0.511. The van der Waals surface area contributed by atoms with E-state index in [2.05, 4.69) is 113 Å². The standard InChI is InChI=1S/C47H64N4O2/c1-10-36-31(7)41-27-44-37(11-2)32(8)40(50-44)26-42-33(9)38(47(51-42)39-19-18-34-24-35(48-46(34)39)25-43(36)49-41)20-21-45(52)53-23-22-30(6)17-13-16-29(5)15-12-14-28(3)4/h11,22,24-29,33,38,48-51H,2,10,12-21,23H2,1,3-9H3/b30-22+,41-27-,42-26-,43-25-,47-39-/t29-,33+,38+/m1/s1. The molecule has 1 saturated heterocycles. The summed E-state index contributed by atoms with van der Waals surface area (Å²) in [5, 5.41) is 6.18. The smallest absolute Gasteiger partial charge is 0.306 e. The summed E-state index contributed by atoms with van der Waals surface area (Å²) in [5.41, 5.74) is 15.9. The molecule has 0 aromatic carbocycles. The molecule has 3 aromatic heterocycles. The van der Waals surface area contributed by atoms with E-state index in [-0.39, 0.29) is 17.8 Å². The number of esters is 1. The first-order valence-electron chi connectivity index (χ1n) is 20.5. The maximum Gasteiger partial charge on any atom is 0.306 e. The van der Waals surface area contributed by atoms with Crippen molar-refractivity contribution in [3.63, 3.8) is 0 Å². The van der Waals surface area contributed by atoms with Crippen LogP contribution < -0.4 is 16.0 Å². The molecule has 0 spiro atoms. The maximum atomic E-state index is 13.2. The van der Waals surface area contributed by atoms with Crippen LogP contribution >= 0.6 is 0 Å². The summed E-state index contributed by atoms with van der Waals surface area (Å²) < 4.78 is 5.78. The number of carbonyl (C=O) groups is 1. The first-order chi connectivity index (χ1) is 25.5. The van der Waals surface area contributed by atoms with Gasteiger partial charge in [-0.1, -0.05) is 78.5 Å². The number of carbonyl (C=O) groups excluding carboxylic acids is 1. The minimum absolute atomic E-state index is 0.118. The highest BCUT2D eigenvalue weighted by Crippen LogP contribution is 2.44. The van der Waals surface area contributed by atoms with Gasteiger partial charge in [-0.05, 0) is 129 Å². The second kappa shape index (κ2) is 16.9. The van der Waals surface area contributed by atoms with Crippen molar-refractivity contribution in [3.05, 3.63) is 97.0 Å². The van der Waals surface area contributed by atoms with Gasteiger partial charge in [-0.3, -0.25) is 4.79 Å². The highest BCUT2D eigenvalue weighted by molar-refractivity contribution is 5.77. The molecule has 2 aliphatic heterocycles. The Hall–Kier alpha value is -4.19. The third kappa shape index (κ3) is 8.63. The molecule has 3 aromatic rings. The molecule has 8 bridgehead atoms. The highest BCUT2D eigenvalue weighted by Gasteiger charge is 2.37. The van der Waals surface area contributed by atoms with Crippen molar-refractivity contribution in [2.45, 2.75) is 126 Å². The Morgan fingerprint density at radius 2 is 1.75 bits per heavy atom. The molecule has 6 nitrogen and oxygen atoms in total. The summed E-state index contributed by atoms with van der Waals surface area (Å²) in [6.07, 6.45) is 22.4. The first kappa shape index (κ1) is 38.5. The van der Waals surface area contributed by atoms with Crippen LogP contribution in [0.4, 0.5) is 0 Å². The van der Waals surface area contributed by atoms with E-state index in [1.807, 2.05) is 6.08 Å². The molecular formula is C47H64N4O2. The topological polar surface area (TPSA) is 85.7 Å². The summed E-state index contributed by atoms with van der Waals surface area (Å²) >= 11 is 0. The number of fused-ring (bicyclic) bond motifs is 7. The minimum atomic E-state index is -0.118. The molecule has 1 fully saturated rings. The molecule has 0 unspecified atom stereocenters. The molecule has 3 aliphatic rings. The summed E-state index contributed by atoms with van der Waals surface area (Å²) in [5.74, 6) is 1.85. The summed E-state index contributed by atoms with van der Waals surface area (Å²) in [6.45, 7) is 22.6. The fourth-order valence-electron chi connectivity index (χ4n) is 8.91. The van der Waals surface area contributed by atoms with Gasteiger partial charge < -0.3 is 25.0 Å². The normalized spacial score (nSPS) is 22.1. The fourth-order valence-corrected chi connectivity index (χ4v) is 8.91. The first-order valence-corrected chi connectivity index (χ1v) is 20.5. The van der Waals surface area contributed by atoms with Crippen LogP contribution in [0.5, 0.6) is 0 Å². The van der Waals surface area contributed by atoms with Gasteiger partial charge in [0.05, 0.1) is 0 Å². The van der Waals surface area contributed by atoms with Crippen molar-refractivity contribution in [3.8, 4) is 0 Å². The predicted octanol–water partition coefficient (Wildman–Crippen LogP) is 9.92. The molecular weight excluding hydrogens is 653 g/mol. The Morgan fingerprint density at radius 3 is 2.51 bits per heavy atom. The van der Waals surface area contributed by atoms with E-state index >= 15 is 0 Å². The van der Waals surface area contributed by atoms with Crippen LogP contribution in [-0.2, 0) is 22.4 Å². The molecule has 4 N–H and O–H groups in total. The van der Waals surface area contributed by atoms with E-state index in [0.717, 1.165) is 77.3 Å².